The normalized spacial score (nSPS) is 10.6. The molecule has 0 aliphatic carbocycles. The lowest BCUT2D eigenvalue weighted by molar-refractivity contribution is 0.631. The lowest BCUT2D eigenvalue weighted by atomic mass is 10.1. The number of nitrogens with zero attached hydrogens (tertiary/aromatic N) is 2. The second-order valence-electron chi connectivity index (χ2n) is 4.21. The van der Waals surface area contributed by atoms with Gasteiger partial charge in [0, 0.05) is 28.9 Å². The van der Waals surface area contributed by atoms with Crippen molar-refractivity contribution in [2.45, 2.75) is 6.92 Å². The molecular formula is C15H11FN2S. The molecule has 2 aromatic heterocycles. The topological polar surface area (TPSA) is 25.8 Å². The van der Waals surface area contributed by atoms with E-state index in [-0.39, 0.29) is 5.82 Å². The van der Waals surface area contributed by atoms with Gasteiger partial charge in [-0.3, -0.25) is 4.98 Å². The van der Waals surface area contributed by atoms with Gasteiger partial charge in [0.15, 0.2) is 0 Å². The summed E-state index contributed by atoms with van der Waals surface area (Å²) in [7, 11) is 0. The van der Waals surface area contributed by atoms with E-state index in [1.807, 2.05) is 24.4 Å². The molecule has 0 atom stereocenters. The van der Waals surface area contributed by atoms with Gasteiger partial charge < -0.3 is 0 Å². The van der Waals surface area contributed by atoms with Crippen molar-refractivity contribution in [3.8, 4) is 21.8 Å². The van der Waals surface area contributed by atoms with Crippen LogP contribution in [0.15, 0.2) is 48.1 Å². The van der Waals surface area contributed by atoms with Crippen molar-refractivity contribution in [1.29, 1.82) is 0 Å². The minimum Gasteiger partial charge on any atom is -0.264 e. The first-order valence-electron chi connectivity index (χ1n) is 5.87. The Balaban J connectivity index is 2.06. The standard InChI is InChI=1S/C15H11FN2S/c1-10-6-7-17-8-12(10)14-9-19-15(18-14)11-4-2-3-5-13(11)16/h2-9H,1H3. The first-order valence-corrected chi connectivity index (χ1v) is 6.75. The van der Waals surface area contributed by atoms with Gasteiger partial charge in [0.1, 0.15) is 10.8 Å². The fourth-order valence-corrected chi connectivity index (χ4v) is 2.73. The van der Waals surface area contributed by atoms with E-state index in [1.54, 1.807) is 24.5 Å². The molecule has 19 heavy (non-hydrogen) atoms. The zero-order valence-electron chi connectivity index (χ0n) is 10.3. The van der Waals surface area contributed by atoms with Crippen LogP contribution in [0.25, 0.3) is 21.8 Å². The maximum absolute atomic E-state index is 13.7. The first kappa shape index (κ1) is 12.0. The Hall–Kier alpha value is -2.07. The summed E-state index contributed by atoms with van der Waals surface area (Å²) in [6.45, 7) is 2.01. The Bertz CT molecular complexity index is 661. The molecule has 0 N–H and O–H groups in total. The summed E-state index contributed by atoms with van der Waals surface area (Å²) in [6.07, 6.45) is 3.54. The molecular weight excluding hydrogens is 259 g/mol. The van der Waals surface area contributed by atoms with Gasteiger partial charge in [0.25, 0.3) is 0 Å². The van der Waals surface area contributed by atoms with E-state index in [0.717, 1.165) is 16.8 Å². The van der Waals surface area contributed by atoms with Crippen molar-refractivity contribution in [3.05, 3.63) is 59.5 Å². The molecule has 0 radical (unpaired) electrons. The molecule has 0 aliphatic heterocycles. The third kappa shape index (κ3) is 2.27. The Morgan fingerprint density at radius 1 is 1.11 bits per heavy atom. The van der Waals surface area contributed by atoms with Gasteiger partial charge in [0.2, 0.25) is 0 Å². The van der Waals surface area contributed by atoms with Crippen LogP contribution in [-0.4, -0.2) is 9.97 Å². The smallest absolute Gasteiger partial charge is 0.133 e. The van der Waals surface area contributed by atoms with Crippen LogP contribution >= 0.6 is 11.3 Å². The van der Waals surface area contributed by atoms with E-state index < -0.39 is 0 Å². The SMILES string of the molecule is Cc1ccncc1-c1csc(-c2ccccc2F)n1. The third-order valence-electron chi connectivity index (χ3n) is 2.92. The maximum Gasteiger partial charge on any atom is 0.133 e. The van der Waals surface area contributed by atoms with E-state index in [0.29, 0.717) is 10.6 Å². The summed E-state index contributed by atoms with van der Waals surface area (Å²) in [6, 6.07) is 8.63. The van der Waals surface area contributed by atoms with Crippen LogP contribution < -0.4 is 0 Å². The molecule has 0 amide bonds. The molecule has 4 heteroatoms. The molecule has 0 saturated carbocycles. The predicted molar refractivity (Wildman–Crippen MR) is 75.5 cm³/mol. The quantitative estimate of drug-likeness (QED) is 0.693. The first-order chi connectivity index (χ1) is 9.25. The molecule has 1 aromatic carbocycles. The van der Waals surface area contributed by atoms with Crippen molar-refractivity contribution in [2.75, 3.05) is 0 Å². The number of hydrogen-bond donors (Lipinski definition) is 0. The van der Waals surface area contributed by atoms with Crippen LogP contribution in [0.2, 0.25) is 0 Å². The van der Waals surface area contributed by atoms with Crippen molar-refractivity contribution in [2.24, 2.45) is 0 Å². The fourth-order valence-electron chi connectivity index (χ4n) is 1.89. The summed E-state index contributed by atoms with van der Waals surface area (Å²) in [4.78, 5) is 8.62. The molecule has 2 nitrogen and oxygen atoms in total. The fraction of sp³-hybridized carbons (Fsp3) is 0.0667. The maximum atomic E-state index is 13.7. The summed E-state index contributed by atoms with van der Waals surface area (Å²) < 4.78 is 13.7. The number of hydrogen-bond acceptors (Lipinski definition) is 3. The van der Waals surface area contributed by atoms with Crippen LogP contribution in [0.5, 0.6) is 0 Å². The third-order valence-corrected chi connectivity index (χ3v) is 3.80. The van der Waals surface area contributed by atoms with E-state index >= 15 is 0 Å². The zero-order valence-corrected chi connectivity index (χ0v) is 11.1. The van der Waals surface area contributed by atoms with Crippen molar-refractivity contribution >= 4 is 11.3 Å². The van der Waals surface area contributed by atoms with Gasteiger partial charge in [0.05, 0.1) is 5.69 Å². The predicted octanol–water partition coefficient (Wildman–Crippen LogP) is 4.32. The van der Waals surface area contributed by atoms with Crippen molar-refractivity contribution < 1.29 is 4.39 Å². The highest BCUT2D eigenvalue weighted by Gasteiger charge is 2.11. The lowest BCUT2D eigenvalue weighted by Gasteiger charge is -2.00. The van der Waals surface area contributed by atoms with Crippen molar-refractivity contribution in [1.82, 2.24) is 9.97 Å². The molecule has 3 aromatic rings. The largest absolute Gasteiger partial charge is 0.264 e. The summed E-state index contributed by atoms with van der Waals surface area (Å²) in [5.41, 5.74) is 3.48. The molecule has 0 spiro atoms. The van der Waals surface area contributed by atoms with Gasteiger partial charge in [-0.2, -0.15) is 0 Å². The highest BCUT2D eigenvalue weighted by molar-refractivity contribution is 7.13. The van der Waals surface area contributed by atoms with Gasteiger partial charge in [-0.15, -0.1) is 11.3 Å². The van der Waals surface area contributed by atoms with E-state index in [4.69, 9.17) is 0 Å². The van der Waals surface area contributed by atoms with Gasteiger partial charge in [-0.1, -0.05) is 12.1 Å². The number of thiazole rings is 1. The lowest BCUT2D eigenvalue weighted by Crippen LogP contribution is -1.86. The number of benzene rings is 1. The Kier molecular flexibility index (Phi) is 3.09. The number of pyridine rings is 1. The minimum absolute atomic E-state index is 0.244. The number of rotatable bonds is 2. The number of aromatic nitrogens is 2. The van der Waals surface area contributed by atoms with Crippen LogP contribution in [0.3, 0.4) is 0 Å². The Morgan fingerprint density at radius 2 is 1.95 bits per heavy atom. The average Bonchev–Trinajstić information content (AvgIpc) is 2.89. The van der Waals surface area contributed by atoms with Gasteiger partial charge >= 0.3 is 0 Å². The molecule has 3 rings (SSSR count). The molecule has 0 fully saturated rings. The Labute approximate surface area is 114 Å². The van der Waals surface area contributed by atoms with Gasteiger partial charge in [-0.25, -0.2) is 9.37 Å². The Morgan fingerprint density at radius 3 is 2.74 bits per heavy atom. The van der Waals surface area contributed by atoms with Crippen LogP contribution in [0.4, 0.5) is 4.39 Å². The second kappa shape index (κ2) is 4.90. The van der Waals surface area contributed by atoms with E-state index in [1.165, 1.54) is 17.4 Å². The van der Waals surface area contributed by atoms with Crippen LogP contribution in [0.1, 0.15) is 5.56 Å². The zero-order chi connectivity index (χ0) is 13.2. The molecule has 0 unspecified atom stereocenters. The molecule has 94 valence electrons. The summed E-state index contributed by atoms with van der Waals surface area (Å²) in [5, 5.41) is 2.63. The summed E-state index contributed by atoms with van der Waals surface area (Å²) in [5.74, 6) is -0.244. The summed E-state index contributed by atoms with van der Waals surface area (Å²) >= 11 is 1.44. The molecule has 0 aliphatic rings. The highest BCUT2D eigenvalue weighted by atomic mass is 32.1. The molecule has 2 heterocycles. The van der Waals surface area contributed by atoms with Crippen molar-refractivity contribution in [3.63, 3.8) is 0 Å². The molecule has 0 bridgehead atoms. The van der Waals surface area contributed by atoms with E-state index in [9.17, 15) is 4.39 Å². The second-order valence-corrected chi connectivity index (χ2v) is 5.07. The molecule has 0 saturated heterocycles. The monoisotopic (exact) mass is 270 g/mol. The van der Waals surface area contributed by atoms with Gasteiger partial charge in [-0.05, 0) is 30.7 Å². The van der Waals surface area contributed by atoms with E-state index in [2.05, 4.69) is 9.97 Å². The van der Waals surface area contributed by atoms with Crippen LogP contribution in [-0.2, 0) is 0 Å². The number of halogens is 1. The van der Waals surface area contributed by atoms with Crippen LogP contribution in [0, 0.1) is 12.7 Å². The number of aryl methyl sites for hydroxylation is 1. The minimum atomic E-state index is -0.244. The highest BCUT2D eigenvalue weighted by Crippen LogP contribution is 2.31. The average molecular weight is 270 g/mol.